The SMILES string of the molecule is CC(C)c1cccc(C(C)C)c1OC(=O)NC(C)(Cc1c[nH]c2ccccc12)C(N)=O. The maximum absolute atomic E-state index is 12.9. The minimum absolute atomic E-state index is 0.176. The molecule has 0 aliphatic rings. The van der Waals surface area contributed by atoms with Gasteiger partial charge >= 0.3 is 6.09 Å². The van der Waals surface area contributed by atoms with Gasteiger partial charge in [-0.15, -0.1) is 0 Å². The first-order valence-electron chi connectivity index (χ1n) is 10.6. The summed E-state index contributed by atoms with van der Waals surface area (Å²) in [6.45, 7) is 9.82. The maximum Gasteiger partial charge on any atom is 0.413 e. The number of rotatable bonds is 7. The molecule has 1 heterocycles. The Balaban J connectivity index is 1.87. The van der Waals surface area contributed by atoms with Gasteiger partial charge in [0, 0.05) is 23.5 Å². The van der Waals surface area contributed by atoms with E-state index in [4.69, 9.17) is 10.5 Å². The van der Waals surface area contributed by atoms with Gasteiger partial charge < -0.3 is 20.8 Å². The van der Waals surface area contributed by atoms with Crippen molar-refractivity contribution in [1.82, 2.24) is 10.3 Å². The Morgan fingerprint density at radius 2 is 1.65 bits per heavy atom. The molecule has 2 aromatic carbocycles. The lowest BCUT2D eigenvalue weighted by atomic mass is 9.92. The van der Waals surface area contributed by atoms with Crippen LogP contribution in [0.3, 0.4) is 0 Å². The van der Waals surface area contributed by atoms with Crippen molar-refractivity contribution < 1.29 is 14.3 Å². The van der Waals surface area contributed by atoms with Gasteiger partial charge in [0.2, 0.25) is 5.91 Å². The molecule has 164 valence electrons. The maximum atomic E-state index is 12.9. The van der Waals surface area contributed by atoms with Gasteiger partial charge in [0.05, 0.1) is 0 Å². The van der Waals surface area contributed by atoms with Crippen LogP contribution in [0.4, 0.5) is 4.79 Å². The zero-order chi connectivity index (χ0) is 22.8. The molecule has 6 heteroatoms. The second-order valence-corrected chi connectivity index (χ2v) is 8.82. The molecule has 0 radical (unpaired) electrons. The molecule has 0 spiro atoms. The summed E-state index contributed by atoms with van der Waals surface area (Å²) in [6, 6.07) is 13.7. The zero-order valence-corrected chi connectivity index (χ0v) is 18.8. The number of aromatic nitrogens is 1. The molecule has 0 aliphatic heterocycles. The Bertz CT molecular complexity index is 1070. The number of hydrogen-bond donors (Lipinski definition) is 3. The minimum Gasteiger partial charge on any atom is -0.410 e. The Kier molecular flexibility index (Phi) is 6.39. The number of carbonyl (C=O) groups excluding carboxylic acids is 2. The zero-order valence-electron chi connectivity index (χ0n) is 18.8. The van der Waals surface area contributed by atoms with E-state index >= 15 is 0 Å². The molecule has 4 N–H and O–H groups in total. The quantitative estimate of drug-likeness (QED) is 0.501. The number of primary amides is 1. The smallest absolute Gasteiger partial charge is 0.410 e. The minimum atomic E-state index is -1.31. The van der Waals surface area contributed by atoms with Crippen LogP contribution in [0.15, 0.2) is 48.7 Å². The monoisotopic (exact) mass is 421 g/mol. The molecule has 0 saturated heterocycles. The number of ether oxygens (including phenoxy) is 1. The summed E-state index contributed by atoms with van der Waals surface area (Å²) >= 11 is 0. The summed E-state index contributed by atoms with van der Waals surface area (Å²) in [5.74, 6) is 0.269. The van der Waals surface area contributed by atoms with Crippen molar-refractivity contribution in [2.45, 2.75) is 58.4 Å². The molecule has 3 aromatic rings. The van der Waals surface area contributed by atoms with Gasteiger partial charge in [-0.2, -0.15) is 0 Å². The molecule has 0 saturated carbocycles. The van der Waals surface area contributed by atoms with Crippen LogP contribution in [0.1, 0.15) is 63.1 Å². The van der Waals surface area contributed by atoms with Crippen LogP contribution in [-0.2, 0) is 11.2 Å². The van der Waals surface area contributed by atoms with Crippen molar-refractivity contribution in [1.29, 1.82) is 0 Å². The van der Waals surface area contributed by atoms with Crippen molar-refractivity contribution in [3.63, 3.8) is 0 Å². The Morgan fingerprint density at radius 1 is 1.03 bits per heavy atom. The Hall–Kier alpha value is -3.28. The normalized spacial score (nSPS) is 13.4. The summed E-state index contributed by atoms with van der Waals surface area (Å²) in [5, 5.41) is 3.71. The Morgan fingerprint density at radius 3 is 2.23 bits per heavy atom. The van der Waals surface area contributed by atoms with Gasteiger partial charge in [-0.25, -0.2) is 4.79 Å². The van der Waals surface area contributed by atoms with Crippen molar-refractivity contribution >= 4 is 22.9 Å². The summed E-state index contributed by atoms with van der Waals surface area (Å²) in [5.41, 5.74) is 8.13. The fourth-order valence-corrected chi connectivity index (χ4v) is 3.80. The number of nitrogens with two attached hydrogens (primary N) is 1. The number of para-hydroxylation sites is 2. The van der Waals surface area contributed by atoms with E-state index in [0.29, 0.717) is 5.75 Å². The second-order valence-electron chi connectivity index (χ2n) is 8.82. The van der Waals surface area contributed by atoms with E-state index < -0.39 is 17.5 Å². The summed E-state index contributed by atoms with van der Waals surface area (Å²) in [4.78, 5) is 28.5. The molecular weight excluding hydrogens is 390 g/mol. The standard InChI is InChI=1S/C25H31N3O3/c1-15(2)18-10-8-11-19(16(3)4)22(18)31-24(30)28-25(5,23(26)29)13-17-14-27-21-12-7-6-9-20(17)21/h6-12,14-16,27H,13H2,1-5H3,(H2,26,29)(H,28,30). The van der Waals surface area contributed by atoms with E-state index in [9.17, 15) is 9.59 Å². The molecule has 0 fully saturated rings. The predicted octanol–water partition coefficient (Wildman–Crippen LogP) is 4.99. The van der Waals surface area contributed by atoms with Crippen LogP contribution >= 0.6 is 0 Å². The molecule has 1 atom stereocenters. The van der Waals surface area contributed by atoms with Gasteiger partial charge in [-0.05, 0) is 41.5 Å². The van der Waals surface area contributed by atoms with E-state index in [2.05, 4.69) is 38.0 Å². The van der Waals surface area contributed by atoms with Gasteiger partial charge in [0.15, 0.2) is 0 Å². The number of carbonyl (C=O) groups is 2. The highest BCUT2D eigenvalue weighted by molar-refractivity contribution is 5.91. The van der Waals surface area contributed by atoms with Crippen molar-refractivity contribution in [3.05, 3.63) is 65.4 Å². The van der Waals surface area contributed by atoms with Gasteiger partial charge in [-0.3, -0.25) is 4.79 Å². The first kappa shape index (κ1) is 22.4. The largest absolute Gasteiger partial charge is 0.413 e. The van der Waals surface area contributed by atoms with Gasteiger partial charge in [0.1, 0.15) is 11.3 Å². The highest BCUT2D eigenvalue weighted by Crippen LogP contribution is 2.34. The lowest BCUT2D eigenvalue weighted by Gasteiger charge is -2.28. The molecular formula is C25H31N3O3. The number of benzene rings is 2. The average molecular weight is 422 g/mol. The van der Waals surface area contributed by atoms with E-state index in [1.54, 1.807) is 6.92 Å². The fraction of sp³-hybridized carbons (Fsp3) is 0.360. The van der Waals surface area contributed by atoms with Gasteiger partial charge in [-0.1, -0.05) is 64.1 Å². The second kappa shape index (κ2) is 8.84. The highest BCUT2D eigenvalue weighted by atomic mass is 16.6. The van der Waals surface area contributed by atoms with Crippen molar-refractivity contribution in [3.8, 4) is 5.75 Å². The van der Waals surface area contributed by atoms with Gasteiger partial charge in [0.25, 0.3) is 0 Å². The number of nitrogens with one attached hydrogen (secondary N) is 2. The van der Waals surface area contributed by atoms with E-state index in [1.165, 1.54) is 0 Å². The highest BCUT2D eigenvalue weighted by Gasteiger charge is 2.35. The summed E-state index contributed by atoms with van der Waals surface area (Å²) in [7, 11) is 0. The molecule has 6 nitrogen and oxygen atoms in total. The van der Waals surface area contributed by atoms with Crippen LogP contribution < -0.4 is 15.8 Å². The van der Waals surface area contributed by atoms with Crippen LogP contribution in [-0.4, -0.2) is 22.5 Å². The van der Waals surface area contributed by atoms with E-state index in [1.807, 2.05) is 48.7 Å². The third kappa shape index (κ3) is 4.74. The predicted molar refractivity (Wildman–Crippen MR) is 123 cm³/mol. The van der Waals surface area contributed by atoms with E-state index in [0.717, 1.165) is 27.6 Å². The lowest BCUT2D eigenvalue weighted by Crippen LogP contribution is -2.57. The number of H-pyrrole nitrogens is 1. The van der Waals surface area contributed by atoms with Crippen LogP contribution in [0.5, 0.6) is 5.75 Å². The van der Waals surface area contributed by atoms with Crippen molar-refractivity contribution in [2.75, 3.05) is 0 Å². The number of aromatic amines is 1. The fourth-order valence-electron chi connectivity index (χ4n) is 3.80. The van der Waals surface area contributed by atoms with Crippen LogP contribution in [0, 0.1) is 0 Å². The molecule has 1 aromatic heterocycles. The van der Waals surface area contributed by atoms with Crippen LogP contribution in [0.25, 0.3) is 10.9 Å². The number of amides is 2. The summed E-state index contributed by atoms with van der Waals surface area (Å²) in [6.07, 6.45) is 1.38. The first-order chi connectivity index (χ1) is 14.6. The number of hydrogen-bond acceptors (Lipinski definition) is 3. The third-order valence-electron chi connectivity index (χ3n) is 5.66. The molecule has 3 rings (SSSR count). The summed E-state index contributed by atoms with van der Waals surface area (Å²) < 4.78 is 5.79. The van der Waals surface area contributed by atoms with Crippen molar-refractivity contribution in [2.24, 2.45) is 5.73 Å². The van der Waals surface area contributed by atoms with E-state index in [-0.39, 0.29) is 18.3 Å². The first-order valence-corrected chi connectivity index (χ1v) is 10.6. The lowest BCUT2D eigenvalue weighted by molar-refractivity contribution is -0.123. The molecule has 2 amide bonds. The Labute approximate surface area is 183 Å². The number of fused-ring (bicyclic) bond motifs is 1. The molecule has 0 aliphatic carbocycles. The average Bonchev–Trinajstić information content (AvgIpc) is 3.10. The molecule has 31 heavy (non-hydrogen) atoms. The third-order valence-corrected chi connectivity index (χ3v) is 5.66. The van der Waals surface area contributed by atoms with Crippen LogP contribution in [0.2, 0.25) is 0 Å². The molecule has 1 unspecified atom stereocenters. The topological polar surface area (TPSA) is 97.2 Å². The molecule has 0 bridgehead atoms.